The van der Waals surface area contributed by atoms with Crippen LogP contribution in [0.1, 0.15) is 5.56 Å². The minimum absolute atomic E-state index is 0.580. The van der Waals surface area contributed by atoms with E-state index in [1.54, 1.807) is 0 Å². The molecule has 0 atom stereocenters. The van der Waals surface area contributed by atoms with Gasteiger partial charge in [0, 0.05) is 17.9 Å². The van der Waals surface area contributed by atoms with Crippen molar-refractivity contribution < 1.29 is 5.21 Å². The molecule has 0 radical (unpaired) electrons. The second-order valence-corrected chi connectivity index (χ2v) is 3.49. The summed E-state index contributed by atoms with van der Waals surface area (Å²) in [5.74, 6) is 0.758. The normalized spacial score (nSPS) is 11.6. The summed E-state index contributed by atoms with van der Waals surface area (Å²) in [5, 5.41) is 12.6. The van der Waals surface area contributed by atoms with Crippen LogP contribution in [-0.4, -0.2) is 22.5 Å². The van der Waals surface area contributed by atoms with Crippen LogP contribution in [0.4, 0.5) is 0 Å². The highest BCUT2D eigenvalue weighted by molar-refractivity contribution is 8.14. The van der Waals surface area contributed by atoms with Crippen molar-refractivity contribution in [3.05, 3.63) is 35.9 Å². The average Bonchev–Trinajstić information content (AvgIpc) is 2.21. The molecule has 0 aliphatic carbocycles. The lowest BCUT2D eigenvalue weighted by Gasteiger charge is -2.01. The number of hydrogen-bond acceptors (Lipinski definition) is 4. The molecule has 70 valence electrons. The van der Waals surface area contributed by atoms with Crippen LogP contribution in [0.5, 0.6) is 0 Å². The topological polar surface area (TPSA) is 58.6 Å². The van der Waals surface area contributed by atoms with Crippen molar-refractivity contribution in [3.63, 3.8) is 0 Å². The summed E-state index contributed by atoms with van der Waals surface area (Å²) in [7, 11) is 0. The smallest absolute Gasteiger partial charge is 0.143 e. The molecule has 0 saturated carbocycles. The van der Waals surface area contributed by atoms with Crippen molar-refractivity contribution in [1.29, 1.82) is 0 Å². The molecule has 0 heterocycles. The molecule has 1 aromatic rings. The first kappa shape index (κ1) is 10.1. The van der Waals surface area contributed by atoms with E-state index in [1.165, 1.54) is 11.8 Å². The third-order valence-electron chi connectivity index (χ3n) is 1.47. The first-order valence-corrected chi connectivity index (χ1v) is 4.97. The van der Waals surface area contributed by atoms with Crippen LogP contribution < -0.4 is 5.73 Å². The Morgan fingerprint density at radius 3 is 2.62 bits per heavy atom. The summed E-state index contributed by atoms with van der Waals surface area (Å²) < 4.78 is 0. The van der Waals surface area contributed by atoms with E-state index in [0.29, 0.717) is 11.6 Å². The summed E-state index contributed by atoms with van der Waals surface area (Å²) in [6, 6.07) is 9.54. The van der Waals surface area contributed by atoms with Crippen molar-refractivity contribution in [1.82, 2.24) is 0 Å². The predicted octanol–water partition coefficient (Wildman–Crippen LogP) is 1.51. The Hall–Kier alpha value is -1.00. The highest BCUT2D eigenvalue weighted by Crippen LogP contribution is 2.12. The maximum Gasteiger partial charge on any atom is 0.143 e. The van der Waals surface area contributed by atoms with Gasteiger partial charge in [0.15, 0.2) is 0 Å². The Morgan fingerprint density at radius 1 is 1.38 bits per heavy atom. The van der Waals surface area contributed by atoms with Gasteiger partial charge in [-0.2, -0.15) is 0 Å². The monoisotopic (exact) mass is 196 g/mol. The van der Waals surface area contributed by atoms with E-state index in [1.807, 2.05) is 30.3 Å². The van der Waals surface area contributed by atoms with Gasteiger partial charge < -0.3 is 10.9 Å². The zero-order valence-corrected chi connectivity index (χ0v) is 8.00. The number of oxime groups is 1. The van der Waals surface area contributed by atoms with Crippen molar-refractivity contribution in [2.75, 3.05) is 12.3 Å². The fourth-order valence-electron chi connectivity index (χ4n) is 0.906. The van der Waals surface area contributed by atoms with Crippen LogP contribution in [0, 0.1) is 0 Å². The van der Waals surface area contributed by atoms with E-state index in [-0.39, 0.29) is 0 Å². The predicted molar refractivity (Wildman–Crippen MR) is 56.3 cm³/mol. The van der Waals surface area contributed by atoms with E-state index in [0.717, 1.165) is 11.3 Å². The van der Waals surface area contributed by atoms with Crippen molar-refractivity contribution >= 4 is 16.8 Å². The number of rotatable bonds is 3. The van der Waals surface area contributed by atoms with Gasteiger partial charge in [0.1, 0.15) is 5.04 Å². The number of thioether (sulfide) groups is 1. The SMILES string of the molecule is NCCS/C(=N\O)c1ccccc1. The molecule has 13 heavy (non-hydrogen) atoms. The lowest BCUT2D eigenvalue weighted by Crippen LogP contribution is -2.05. The molecule has 4 heteroatoms. The largest absolute Gasteiger partial charge is 0.410 e. The lowest BCUT2D eigenvalue weighted by molar-refractivity contribution is 0.321. The maximum atomic E-state index is 8.73. The Morgan fingerprint density at radius 2 is 2.08 bits per heavy atom. The Labute approximate surface area is 81.6 Å². The van der Waals surface area contributed by atoms with Gasteiger partial charge in [-0.15, -0.1) is 11.8 Å². The molecule has 0 aliphatic heterocycles. The molecule has 0 saturated heterocycles. The van der Waals surface area contributed by atoms with Crippen molar-refractivity contribution in [3.8, 4) is 0 Å². The van der Waals surface area contributed by atoms with Gasteiger partial charge >= 0.3 is 0 Å². The number of nitrogens with two attached hydrogens (primary N) is 1. The van der Waals surface area contributed by atoms with Crippen LogP contribution in [0.15, 0.2) is 35.5 Å². The summed E-state index contributed by atoms with van der Waals surface area (Å²) in [4.78, 5) is 0. The lowest BCUT2D eigenvalue weighted by atomic mass is 10.2. The number of nitrogens with zero attached hydrogens (tertiary/aromatic N) is 1. The molecule has 0 bridgehead atoms. The molecule has 1 rings (SSSR count). The van der Waals surface area contributed by atoms with Gasteiger partial charge in [-0.25, -0.2) is 0 Å². The zero-order chi connectivity index (χ0) is 9.52. The van der Waals surface area contributed by atoms with E-state index >= 15 is 0 Å². The highest BCUT2D eigenvalue weighted by atomic mass is 32.2. The van der Waals surface area contributed by atoms with E-state index in [2.05, 4.69) is 5.16 Å². The molecule has 3 N–H and O–H groups in total. The summed E-state index contributed by atoms with van der Waals surface area (Å²) in [5.41, 5.74) is 6.27. The van der Waals surface area contributed by atoms with Crippen molar-refractivity contribution in [2.45, 2.75) is 0 Å². The van der Waals surface area contributed by atoms with E-state index in [9.17, 15) is 0 Å². The maximum absolute atomic E-state index is 8.73. The summed E-state index contributed by atoms with van der Waals surface area (Å²) in [6.07, 6.45) is 0. The number of hydrogen-bond donors (Lipinski definition) is 2. The fraction of sp³-hybridized carbons (Fsp3) is 0.222. The molecule has 0 amide bonds. The molecule has 1 aromatic carbocycles. The second kappa shape index (κ2) is 5.61. The van der Waals surface area contributed by atoms with Crippen molar-refractivity contribution in [2.24, 2.45) is 10.9 Å². The van der Waals surface area contributed by atoms with Crippen LogP contribution in [0.3, 0.4) is 0 Å². The van der Waals surface area contributed by atoms with Gasteiger partial charge in [0.2, 0.25) is 0 Å². The second-order valence-electron chi connectivity index (χ2n) is 2.41. The molecule has 3 nitrogen and oxygen atoms in total. The molecular formula is C9H12N2OS. The third kappa shape index (κ3) is 3.08. The van der Waals surface area contributed by atoms with Crippen LogP contribution >= 0.6 is 11.8 Å². The minimum Gasteiger partial charge on any atom is -0.410 e. The fourth-order valence-corrected chi connectivity index (χ4v) is 1.58. The number of benzene rings is 1. The third-order valence-corrected chi connectivity index (χ3v) is 2.50. The molecule has 0 spiro atoms. The Balaban J connectivity index is 2.69. The Bertz CT molecular complexity index is 274. The van der Waals surface area contributed by atoms with Gasteiger partial charge in [0.25, 0.3) is 0 Å². The quantitative estimate of drug-likeness (QED) is 0.333. The standard InChI is InChI=1S/C9H12N2OS/c10-6-7-13-9(11-12)8-4-2-1-3-5-8/h1-5,12H,6-7,10H2/b11-9-. The van der Waals surface area contributed by atoms with Gasteiger partial charge in [-0.05, 0) is 0 Å². The van der Waals surface area contributed by atoms with Crippen LogP contribution in [-0.2, 0) is 0 Å². The molecule has 0 fully saturated rings. The molecular weight excluding hydrogens is 184 g/mol. The van der Waals surface area contributed by atoms with Gasteiger partial charge in [-0.3, -0.25) is 0 Å². The Kier molecular flexibility index (Phi) is 4.35. The average molecular weight is 196 g/mol. The molecule has 0 aromatic heterocycles. The van der Waals surface area contributed by atoms with Crippen LogP contribution in [0.25, 0.3) is 0 Å². The summed E-state index contributed by atoms with van der Waals surface area (Å²) in [6.45, 7) is 0.580. The van der Waals surface area contributed by atoms with Crippen LogP contribution in [0.2, 0.25) is 0 Å². The van der Waals surface area contributed by atoms with Gasteiger partial charge in [-0.1, -0.05) is 35.5 Å². The highest BCUT2D eigenvalue weighted by Gasteiger charge is 2.02. The van der Waals surface area contributed by atoms with E-state index < -0.39 is 0 Å². The molecule has 0 aliphatic rings. The van der Waals surface area contributed by atoms with E-state index in [4.69, 9.17) is 10.9 Å². The van der Waals surface area contributed by atoms with Gasteiger partial charge in [0.05, 0.1) is 0 Å². The minimum atomic E-state index is 0.580. The first-order valence-electron chi connectivity index (χ1n) is 3.99. The first-order chi connectivity index (χ1) is 6.38. The summed E-state index contributed by atoms with van der Waals surface area (Å²) >= 11 is 1.45. The zero-order valence-electron chi connectivity index (χ0n) is 7.18. The molecule has 0 unspecified atom stereocenters.